The van der Waals surface area contributed by atoms with Gasteiger partial charge in [-0.15, -0.1) is 5.10 Å². The third kappa shape index (κ3) is 3.28. The van der Waals surface area contributed by atoms with Crippen LogP contribution < -0.4 is 14.8 Å². The number of rotatable bonds is 4. The first kappa shape index (κ1) is 18.0. The van der Waals surface area contributed by atoms with Gasteiger partial charge in [-0.25, -0.2) is 14.1 Å². The fourth-order valence-corrected chi connectivity index (χ4v) is 3.01. The summed E-state index contributed by atoms with van der Waals surface area (Å²) in [6.45, 7) is 5.68. The maximum atomic E-state index is 13.1. The first-order valence-electron chi connectivity index (χ1n) is 8.76. The van der Waals surface area contributed by atoms with Gasteiger partial charge in [0, 0.05) is 0 Å². The zero-order chi connectivity index (χ0) is 19.9. The number of hydrogen-bond acceptors (Lipinski definition) is 5. The number of nitrogens with zero attached hydrogens (tertiary/aromatic N) is 3. The summed E-state index contributed by atoms with van der Waals surface area (Å²) >= 11 is 0. The number of amides is 1. The molecule has 0 saturated carbocycles. The summed E-state index contributed by atoms with van der Waals surface area (Å²) in [5.74, 6) is 1.14. The van der Waals surface area contributed by atoms with Gasteiger partial charge in [-0.05, 0) is 62.7 Å². The molecule has 0 fully saturated rings. The van der Waals surface area contributed by atoms with Crippen molar-refractivity contribution >= 4 is 5.91 Å². The van der Waals surface area contributed by atoms with Gasteiger partial charge in [0.15, 0.2) is 11.5 Å². The van der Waals surface area contributed by atoms with Crippen molar-refractivity contribution in [1.29, 1.82) is 0 Å². The van der Waals surface area contributed by atoms with Gasteiger partial charge in [0.2, 0.25) is 12.6 Å². The van der Waals surface area contributed by atoms with Crippen molar-refractivity contribution in [1.82, 2.24) is 20.1 Å². The zero-order valence-electron chi connectivity index (χ0n) is 15.7. The molecular formula is C20H19FN4O3. The first-order chi connectivity index (χ1) is 13.3. The minimum atomic E-state index is -0.687. The summed E-state index contributed by atoms with van der Waals surface area (Å²) < 4.78 is 25.4. The van der Waals surface area contributed by atoms with Crippen LogP contribution in [0.3, 0.4) is 0 Å². The molecule has 3 aromatic rings. The van der Waals surface area contributed by atoms with Crippen LogP contribution in [-0.4, -0.2) is 27.5 Å². The van der Waals surface area contributed by atoms with Crippen LogP contribution >= 0.6 is 0 Å². The van der Waals surface area contributed by atoms with Gasteiger partial charge in [-0.3, -0.25) is 4.79 Å². The molecule has 0 aliphatic carbocycles. The van der Waals surface area contributed by atoms with Crippen LogP contribution in [0, 0.1) is 12.7 Å². The van der Waals surface area contributed by atoms with Crippen LogP contribution in [0.1, 0.15) is 35.9 Å². The highest BCUT2D eigenvalue weighted by Gasteiger charge is 2.28. The highest BCUT2D eigenvalue weighted by Crippen LogP contribution is 2.35. The molecule has 28 heavy (non-hydrogen) atoms. The Hall–Kier alpha value is -3.42. The smallest absolute Gasteiger partial charge is 0.291 e. The minimum Gasteiger partial charge on any atom is -0.454 e. The van der Waals surface area contributed by atoms with Crippen LogP contribution in [0.5, 0.6) is 11.5 Å². The number of carbonyl (C=O) groups is 1. The number of aryl methyl sites for hydroxylation is 1. The topological polar surface area (TPSA) is 78.3 Å². The van der Waals surface area contributed by atoms with Crippen molar-refractivity contribution in [2.24, 2.45) is 0 Å². The average Bonchev–Trinajstić information content (AvgIpc) is 3.28. The lowest BCUT2D eigenvalue weighted by Gasteiger charge is -2.26. The molecule has 1 N–H and O–H groups in total. The average molecular weight is 382 g/mol. The lowest BCUT2D eigenvalue weighted by atomic mass is 9.94. The van der Waals surface area contributed by atoms with Crippen LogP contribution in [0.2, 0.25) is 0 Å². The van der Waals surface area contributed by atoms with Crippen molar-refractivity contribution in [3.63, 3.8) is 0 Å². The third-order valence-corrected chi connectivity index (χ3v) is 4.56. The predicted molar refractivity (Wildman–Crippen MR) is 99.1 cm³/mol. The Balaban J connectivity index is 1.56. The molecule has 8 heteroatoms. The molecule has 7 nitrogen and oxygen atoms in total. The Labute approximate surface area is 161 Å². The fraction of sp³-hybridized carbons (Fsp3) is 0.250. The number of hydrogen-bond donors (Lipinski definition) is 1. The lowest BCUT2D eigenvalue weighted by Crippen LogP contribution is -2.41. The third-order valence-electron chi connectivity index (χ3n) is 4.56. The quantitative estimate of drug-likeness (QED) is 0.750. The maximum absolute atomic E-state index is 13.1. The molecule has 0 spiro atoms. The molecular weight excluding hydrogens is 363 g/mol. The van der Waals surface area contributed by atoms with Crippen LogP contribution in [0.4, 0.5) is 4.39 Å². The Morgan fingerprint density at radius 2 is 1.86 bits per heavy atom. The number of carbonyl (C=O) groups excluding carboxylic acids is 1. The molecule has 0 saturated heterocycles. The molecule has 2 aromatic carbocycles. The van der Waals surface area contributed by atoms with E-state index in [1.807, 2.05) is 32.0 Å². The summed E-state index contributed by atoms with van der Waals surface area (Å²) in [5.41, 5.74) is 0.799. The van der Waals surface area contributed by atoms with E-state index in [1.54, 1.807) is 19.1 Å². The number of ether oxygens (including phenoxy) is 2. The number of nitrogens with one attached hydrogen (secondary N) is 1. The van der Waals surface area contributed by atoms with Gasteiger partial charge in [0.25, 0.3) is 5.91 Å². The van der Waals surface area contributed by atoms with Crippen molar-refractivity contribution in [3.8, 4) is 17.2 Å². The molecule has 1 amide bonds. The number of fused-ring (bicyclic) bond motifs is 1. The fourth-order valence-electron chi connectivity index (χ4n) is 3.01. The minimum absolute atomic E-state index is 0.0376. The molecule has 144 valence electrons. The largest absolute Gasteiger partial charge is 0.454 e. The van der Waals surface area contributed by atoms with Crippen LogP contribution in [0.15, 0.2) is 42.5 Å². The van der Waals surface area contributed by atoms with E-state index in [1.165, 1.54) is 16.8 Å². The Kier molecular flexibility index (Phi) is 4.26. The second-order valence-corrected chi connectivity index (χ2v) is 7.02. The molecule has 4 rings (SSSR count). The summed E-state index contributed by atoms with van der Waals surface area (Å²) in [6.07, 6.45) is 0. The van der Waals surface area contributed by atoms with E-state index in [0.29, 0.717) is 23.0 Å². The Morgan fingerprint density at radius 3 is 2.61 bits per heavy atom. The number of halogens is 1. The monoisotopic (exact) mass is 382 g/mol. The number of aromatic nitrogens is 3. The lowest BCUT2D eigenvalue weighted by molar-refractivity contribution is 0.0901. The number of benzene rings is 2. The van der Waals surface area contributed by atoms with Crippen molar-refractivity contribution < 1.29 is 18.7 Å². The van der Waals surface area contributed by atoms with Crippen molar-refractivity contribution in [2.75, 3.05) is 6.79 Å². The highest BCUT2D eigenvalue weighted by atomic mass is 19.1. The molecule has 1 aliphatic heterocycles. The normalized spacial score (nSPS) is 12.9. The SMILES string of the molecule is Cc1nc(C(=O)NC(C)(C)c2ccc3c(c2)OCO3)nn1-c1ccc(F)cc1. The molecule has 1 aliphatic rings. The predicted octanol–water partition coefficient (Wildman–Crippen LogP) is 3.11. The second-order valence-electron chi connectivity index (χ2n) is 7.02. The van der Waals surface area contributed by atoms with Crippen molar-refractivity contribution in [2.45, 2.75) is 26.3 Å². The van der Waals surface area contributed by atoms with Crippen LogP contribution in [-0.2, 0) is 5.54 Å². The van der Waals surface area contributed by atoms with E-state index in [2.05, 4.69) is 15.4 Å². The molecule has 0 radical (unpaired) electrons. The van der Waals surface area contributed by atoms with Gasteiger partial charge in [0.05, 0.1) is 11.2 Å². The molecule has 0 atom stereocenters. The Morgan fingerprint density at radius 1 is 1.14 bits per heavy atom. The summed E-state index contributed by atoms with van der Waals surface area (Å²) in [4.78, 5) is 17.0. The van der Waals surface area contributed by atoms with E-state index in [-0.39, 0.29) is 18.4 Å². The summed E-state index contributed by atoms with van der Waals surface area (Å²) in [7, 11) is 0. The molecule has 0 bridgehead atoms. The van der Waals surface area contributed by atoms with Crippen LogP contribution in [0.25, 0.3) is 5.69 Å². The summed E-state index contributed by atoms with van der Waals surface area (Å²) in [6, 6.07) is 11.4. The van der Waals surface area contributed by atoms with Gasteiger partial charge < -0.3 is 14.8 Å². The summed E-state index contributed by atoms with van der Waals surface area (Å²) in [5, 5.41) is 7.22. The van der Waals surface area contributed by atoms with E-state index < -0.39 is 11.4 Å². The second kappa shape index (κ2) is 6.63. The molecule has 2 heterocycles. The first-order valence-corrected chi connectivity index (χ1v) is 8.76. The zero-order valence-corrected chi connectivity index (χ0v) is 15.7. The van der Waals surface area contributed by atoms with E-state index in [0.717, 1.165) is 5.56 Å². The van der Waals surface area contributed by atoms with E-state index in [4.69, 9.17) is 9.47 Å². The maximum Gasteiger partial charge on any atom is 0.291 e. The standard InChI is InChI=1S/C20H19FN4O3/c1-12-22-18(24-25(12)15-7-5-14(21)6-8-15)19(26)23-20(2,3)13-4-9-16-17(10-13)28-11-27-16/h4-10H,11H2,1-3H3,(H,23,26). The van der Waals surface area contributed by atoms with Gasteiger partial charge in [-0.2, -0.15) is 0 Å². The van der Waals surface area contributed by atoms with Gasteiger partial charge in [-0.1, -0.05) is 6.07 Å². The van der Waals surface area contributed by atoms with Crippen molar-refractivity contribution in [3.05, 3.63) is 65.5 Å². The van der Waals surface area contributed by atoms with Gasteiger partial charge >= 0.3 is 0 Å². The van der Waals surface area contributed by atoms with E-state index >= 15 is 0 Å². The van der Waals surface area contributed by atoms with E-state index in [9.17, 15) is 9.18 Å². The highest BCUT2D eigenvalue weighted by molar-refractivity contribution is 5.91. The van der Waals surface area contributed by atoms with Gasteiger partial charge in [0.1, 0.15) is 11.6 Å². The molecule has 1 aromatic heterocycles. The Bertz CT molecular complexity index is 1040. The molecule has 0 unspecified atom stereocenters.